The molecule has 0 fully saturated rings. The average Bonchev–Trinajstić information content (AvgIpc) is 2.38. The molecule has 19 heavy (non-hydrogen) atoms. The third-order valence-electron chi connectivity index (χ3n) is 2.48. The van der Waals surface area contributed by atoms with E-state index in [9.17, 15) is 4.79 Å². The van der Waals surface area contributed by atoms with Crippen LogP contribution in [0.25, 0.3) is 11.4 Å². The molecule has 2 rings (SSSR count). The van der Waals surface area contributed by atoms with Gasteiger partial charge in [0.25, 0.3) is 0 Å². The van der Waals surface area contributed by atoms with Crippen molar-refractivity contribution in [2.24, 2.45) is 0 Å². The predicted molar refractivity (Wildman–Crippen MR) is 70.4 cm³/mol. The van der Waals surface area contributed by atoms with Gasteiger partial charge in [-0.25, -0.2) is 14.8 Å². The lowest BCUT2D eigenvalue weighted by molar-refractivity contribution is 0.209. The fourth-order valence-corrected chi connectivity index (χ4v) is 1.68. The smallest absolute Gasteiger partial charge is 0.409 e. The maximum atomic E-state index is 10.7. The SMILES string of the molecule is COc1c(NC(=O)O)cccc1-c1ncc(C)cn1. The van der Waals surface area contributed by atoms with Crippen LogP contribution < -0.4 is 10.1 Å². The maximum absolute atomic E-state index is 10.7. The Hall–Kier alpha value is -2.63. The number of amides is 1. The molecule has 0 unspecified atom stereocenters. The third kappa shape index (κ3) is 2.79. The standard InChI is InChI=1S/C13H13N3O3/c1-8-6-14-12(15-7-8)9-4-3-5-10(11(9)19-2)16-13(17)18/h3-7,16H,1-2H3,(H,17,18). The van der Waals surface area contributed by atoms with Crippen LogP contribution in [0, 0.1) is 6.92 Å². The van der Waals surface area contributed by atoms with Gasteiger partial charge in [-0.2, -0.15) is 0 Å². The number of aromatic nitrogens is 2. The fraction of sp³-hybridized carbons (Fsp3) is 0.154. The summed E-state index contributed by atoms with van der Waals surface area (Å²) in [6, 6.07) is 5.10. The maximum Gasteiger partial charge on any atom is 0.409 e. The van der Waals surface area contributed by atoms with Crippen molar-refractivity contribution in [2.75, 3.05) is 12.4 Å². The van der Waals surface area contributed by atoms with Gasteiger partial charge in [0.05, 0.1) is 18.4 Å². The lowest BCUT2D eigenvalue weighted by atomic mass is 10.1. The van der Waals surface area contributed by atoms with E-state index >= 15 is 0 Å². The van der Waals surface area contributed by atoms with Crippen molar-refractivity contribution in [3.05, 3.63) is 36.2 Å². The molecule has 1 aromatic carbocycles. The van der Waals surface area contributed by atoms with Gasteiger partial charge in [0.15, 0.2) is 11.6 Å². The number of rotatable bonds is 3. The van der Waals surface area contributed by atoms with Gasteiger partial charge in [0.2, 0.25) is 0 Å². The number of para-hydroxylation sites is 1. The van der Waals surface area contributed by atoms with E-state index in [0.29, 0.717) is 22.8 Å². The molecule has 6 nitrogen and oxygen atoms in total. The molecule has 0 atom stereocenters. The van der Waals surface area contributed by atoms with Crippen LogP contribution in [-0.2, 0) is 0 Å². The van der Waals surface area contributed by atoms with E-state index < -0.39 is 6.09 Å². The van der Waals surface area contributed by atoms with Crippen LogP contribution in [0.5, 0.6) is 5.75 Å². The van der Waals surface area contributed by atoms with E-state index in [1.54, 1.807) is 30.6 Å². The predicted octanol–water partition coefficient (Wildman–Crippen LogP) is 2.55. The number of nitrogens with zero attached hydrogens (tertiary/aromatic N) is 2. The molecule has 0 aliphatic carbocycles. The summed E-state index contributed by atoms with van der Waals surface area (Å²) in [7, 11) is 1.47. The van der Waals surface area contributed by atoms with Gasteiger partial charge in [-0.3, -0.25) is 5.32 Å². The molecular weight excluding hydrogens is 246 g/mol. The lowest BCUT2D eigenvalue weighted by Crippen LogP contribution is -2.09. The first kappa shape index (κ1) is 12.8. The number of anilines is 1. The van der Waals surface area contributed by atoms with Gasteiger partial charge in [-0.15, -0.1) is 0 Å². The Morgan fingerprint density at radius 1 is 1.32 bits per heavy atom. The number of hydrogen-bond donors (Lipinski definition) is 2. The molecule has 0 radical (unpaired) electrons. The minimum absolute atomic E-state index is 0.358. The largest absolute Gasteiger partial charge is 0.494 e. The molecule has 0 aliphatic heterocycles. The number of methoxy groups -OCH3 is 1. The number of carbonyl (C=O) groups is 1. The molecule has 2 aromatic rings. The molecule has 2 N–H and O–H groups in total. The summed E-state index contributed by atoms with van der Waals surface area (Å²) in [6.45, 7) is 1.89. The molecule has 0 aliphatic rings. The summed E-state index contributed by atoms with van der Waals surface area (Å²) in [5.41, 5.74) is 1.94. The van der Waals surface area contributed by atoms with E-state index in [0.717, 1.165) is 5.56 Å². The molecule has 6 heteroatoms. The highest BCUT2D eigenvalue weighted by atomic mass is 16.5. The number of benzene rings is 1. The lowest BCUT2D eigenvalue weighted by Gasteiger charge is -2.12. The first-order valence-corrected chi connectivity index (χ1v) is 5.58. The second-order valence-electron chi connectivity index (χ2n) is 3.90. The molecular formula is C13H13N3O3. The summed E-state index contributed by atoms with van der Waals surface area (Å²) in [5, 5.41) is 11.1. The van der Waals surface area contributed by atoms with Crippen LogP contribution in [0.4, 0.5) is 10.5 Å². The molecule has 1 amide bonds. The zero-order valence-corrected chi connectivity index (χ0v) is 10.5. The minimum atomic E-state index is -1.15. The average molecular weight is 259 g/mol. The third-order valence-corrected chi connectivity index (χ3v) is 2.48. The molecule has 0 saturated heterocycles. The summed E-state index contributed by atoms with van der Waals surface area (Å²) in [5.74, 6) is 0.880. The molecule has 98 valence electrons. The van der Waals surface area contributed by atoms with Gasteiger partial charge < -0.3 is 9.84 Å². The van der Waals surface area contributed by atoms with Crippen LogP contribution in [0.3, 0.4) is 0 Å². The molecule has 0 saturated carbocycles. The fourth-order valence-electron chi connectivity index (χ4n) is 1.68. The Balaban J connectivity index is 2.50. The van der Waals surface area contributed by atoms with Crippen molar-refractivity contribution in [1.82, 2.24) is 9.97 Å². The van der Waals surface area contributed by atoms with E-state index in [4.69, 9.17) is 9.84 Å². The van der Waals surface area contributed by atoms with Crippen LogP contribution >= 0.6 is 0 Å². The summed E-state index contributed by atoms with van der Waals surface area (Å²) in [6.07, 6.45) is 2.23. The van der Waals surface area contributed by atoms with Gasteiger partial charge in [0, 0.05) is 12.4 Å². The quantitative estimate of drug-likeness (QED) is 0.884. The second-order valence-corrected chi connectivity index (χ2v) is 3.90. The van der Waals surface area contributed by atoms with Crippen molar-refractivity contribution in [3.8, 4) is 17.1 Å². The highest BCUT2D eigenvalue weighted by Gasteiger charge is 2.14. The van der Waals surface area contributed by atoms with Crippen LogP contribution in [-0.4, -0.2) is 28.3 Å². The number of carboxylic acid groups (broad SMARTS) is 1. The number of hydrogen-bond acceptors (Lipinski definition) is 4. The Labute approximate surface area is 110 Å². The van der Waals surface area contributed by atoms with Crippen molar-refractivity contribution in [3.63, 3.8) is 0 Å². The van der Waals surface area contributed by atoms with E-state index in [1.165, 1.54) is 7.11 Å². The second kappa shape index (κ2) is 5.34. The zero-order valence-electron chi connectivity index (χ0n) is 10.5. The Morgan fingerprint density at radius 3 is 2.58 bits per heavy atom. The Kier molecular flexibility index (Phi) is 3.61. The normalized spacial score (nSPS) is 10.0. The summed E-state index contributed by atoms with van der Waals surface area (Å²) in [4.78, 5) is 19.2. The van der Waals surface area contributed by atoms with Crippen molar-refractivity contribution >= 4 is 11.8 Å². The van der Waals surface area contributed by atoms with Gasteiger partial charge in [0.1, 0.15) is 0 Å². The van der Waals surface area contributed by atoms with Crippen molar-refractivity contribution in [1.29, 1.82) is 0 Å². The number of ether oxygens (including phenoxy) is 1. The molecule has 0 bridgehead atoms. The van der Waals surface area contributed by atoms with Crippen LogP contribution in [0.1, 0.15) is 5.56 Å². The summed E-state index contributed by atoms with van der Waals surface area (Å²) >= 11 is 0. The molecule has 1 heterocycles. The van der Waals surface area contributed by atoms with Gasteiger partial charge in [-0.05, 0) is 24.6 Å². The number of aryl methyl sites for hydroxylation is 1. The monoisotopic (exact) mass is 259 g/mol. The number of nitrogens with one attached hydrogen (secondary N) is 1. The van der Waals surface area contributed by atoms with Crippen molar-refractivity contribution in [2.45, 2.75) is 6.92 Å². The van der Waals surface area contributed by atoms with E-state index in [1.807, 2.05) is 6.92 Å². The van der Waals surface area contributed by atoms with Gasteiger partial charge >= 0.3 is 6.09 Å². The molecule has 1 aromatic heterocycles. The van der Waals surface area contributed by atoms with E-state index in [-0.39, 0.29) is 0 Å². The van der Waals surface area contributed by atoms with Gasteiger partial charge in [-0.1, -0.05) is 6.07 Å². The Morgan fingerprint density at radius 2 is 2.00 bits per heavy atom. The van der Waals surface area contributed by atoms with Crippen LogP contribution in [0.2, 0.25) is 0 Å². The summed E-state index contributed by atoms with van der Waals surface area (Å²) < 4.78 is 5.26. The first-order chi connectivity index (χ1) is 9.11. The minimum Gasteiger partial charge on any atom is -0.494 e. The van der Waals surface area contributed by atoms with Crippen LogP contribution in [0.15, 0.2) is 30.6 Å². The first-order valence-electron chi connectivity index (χ1n) is 5.58. The zero-order chi connectivity index (χ0) is 13.8. The van der Waals surface area contributed by atoms with Crippen molar-refractivity contribution < 1.29 is 14.6 Å². The Bertz CT molecular complexity index is 597. The highest BCUT2D eigenvalue weighted by Crippen LogP contribution is 2.34. The topological polar surface area (TPSA) is 84.3 Å². The molecule has 0 spiro atoms. The highest BCUT2D eigenvalue weighted by molar-refractivity contribution is 5.88. The van der Waals surface area contributed by atoms with E-state index in [2.05, 4.69) is 15.3 Å².